The lowest BCUT2D eigenvalue weighted by atomic mass is 9.89. The van der Waals surface area contributed by atoms with E-state index in [-0.39, 0.29) is 11.0 Å². The molecule has 0 fully saturated rings. The van der Waals surface area contributed by atoms with Crippen molar-refractivity contribution >= 4 is 50.9 Å². The van der Waals surface area contributed by atoms with Gasteiger partial charge in [0.15, 0.2) is 5.11 Å². The van der Waals surface area contributed by atoms with E-state index in [1.54, 1.807) is 17.4 Å². The summed E-state index contributed by atoms with van der Waals surface area (Å²) in [5.41, 5.74) is 1.81. The Hall–Kier alpha value is -1.75. The summed E-state index contributed by atoms with van der Waals surface area (Å²) >= 11 is 8.15. The molecule has 0 saturated carbocycles. The summed E-state index contributed by atoms with van der Waals surface area (Å²) in [6.07, 6.45) is 3.05. The fraction of sp³-hybridized carbons (Fsp3) is 0.312. The van der Waals surface area contributed by atoms with Crippen LogP contribution in [0.2, 0.25) is 0 Å². The standard InChI is InChI=1S/C16H15N3OS3/c1-9-4-5-10-11(8-17)15(23-13(10)7-9)19-16(21)18-14(20)12-3-2-6-22-12/h2-3,6,9H,4-5,7H2,1H3,(H2,18,19,20,21)/t9-/m0/s1. The lowest BCUT2D eigenvalue weighted by Crippen LogP contribution is -2.33. The summed E-state index contributed by atoms with van der Waals surface area (Å²) < 4.78 is 0. The molecular formula is C16H15N3OS3. The average Bonchev–Trinajstić information content (AvgIpc) is 3.13. The minimum atomic E-state index is -0.231. The second-order valence-electron chi connectivity index (χ2n) is 5.55. The summed E-state index contributed by atoms with van der Waals surface area (Å²) in [4.78, 5) is 13.9. The number of carbonyl (C=O) groups is 1. The van der Waals surface area contributed by atoms with Crippen molar-refractivity contribution in [1.29, 1.82) is 5.26 Å². The fourth-order valence-electron chi connectivity index (χ4n) is 2.66. The quantitative estimate of drug-likeness (QED) is 0.796. The Kier molecular flexibility index (Phi) is 4.76. The monoisotopic (exact) mass is 361 g/mol. The Bertz CT molecular complexity index is 786. The molecule has 1 amide bonds. The topological polar surface area (TPSA) is 64.9 Å². The SMILES string of the molecule is C[C@H]1CCc2c(sc(NC(=S)NC(=O)c3cccs3)c2C#N)C1. The van der Waals surface area contributed by atoms with Crippen LogP contribution in [0.25, 0.3) is 0 Å². The van der Waals surface area contributed by atoms with Gasteiger partial charge in [-0.1, -0.05) is 13.0 Å². The van der Waals surface area contributed by atoms with Gasteiger partial charge >= 0.3 is 0 Å². The number of fused-ring (bicyclic) bond motifs is 1. The number of rotatable bonds is 2. The first-order valence-corrected chi connectivity index (χ1v) is 9.39. The van der Waals surface area contributed by atoms with Crippen LogP contribution in [0.5, 0.6) is 0 Å². The molecular weight excluding hydrogens is 346 g/mol. The molecule has 23 heavy (non-hydrogen) atoms. The third-order valence-electron chi connectivity index (χ3n) is 3.82. The Morgan fingerprint density at radius 1 is 1.52 bits per heavy atom. The van der Waals surface area contributed by atoms with Crippen LogP contribution in [-0.2, 0) is 12.8 Å². The number of thiocarbonyl (C=S) groups is 1. The molecule has 4 nitrogen and oxygen atoms in total. The number of nitrogens with one attached hydrogen (secondary N) is 2. The first-order chi connectivity index (χ1) is 11.1. The van der Waals surface area contributed by atoms with E-state index in [1.165, 1.54) is 16.2 Å². The number of hydrogen-bond acceptors (Lipinski definition) is 5. The third kappa shape index (κ3) is 3.44. The summed E-state index contributed by atoms with van der Waals surface area (Å²) in [5, 5.41) is 18.0. The molecule has 2 aromatic rings. The molecule has 0 aliphatic heterocycles. The number of carbonyl (C=O) groups excluding carboxylic acids is 1. The number of hydrogen-bond donors (Lipinski definition) is 2. The third-order valence-corrected chi connectivity index (χ3v) is 6.07. The zero-order valence-electron chi connectivity index (χ0n) is 12.5. The number of anilines is 1. The fourth-order valence-corrected chi connectivity index (χ4v) is 4.91. The van der Waals surface area contributed by atoms with Gasteiger partial charge in [0, 0.05) is 4.88 Å². The summed E-state index contributed by atoms with van der Waals surface area (Å²) in [6, 6.07) is 5.84. The van der Waals surface area contributed by atoms with E-state index in [4.69, 9.17) is 12.2 Å². The highest BCUT2D eigenvalue weighted by Gasteiger charge is 2.24. The van der Waals surface area contributed by atoms with E-state index in [1.807, 2.05) is 11.4 Å². The van der Waals surface area contributed by atoms with Crippen LogP contribution in [0.15, 0.2) is 17.5 Å². The van der Waals surface area contributed by atoms with Crippen LogP contribution in [0, 0.1) is 17.2 Å². The summed E-state index contributed by atoms with van der Waals surface area (Å²) in [7, 11) is 0. The van der Waals surface area contributed by atoms with Gasteiger partial charge in [-0.3, -0.25) is 10.1 Å². The van der Waals surface area contributed by atoms with Gasteiger partial charge in [-0.25, -0.2) is 0 Å². The van der Waals surface area contributed by atoms with E-state index in [9.17, 15) is 10.1 Å². The number of thiophene rings is 2. The van der Waals surface area contributed by atoms with Gasteiger partial charge in [0.1, 0.15) is 11.1 Å². The predicted molar refractivity (Wildman–Crippen MR) is 98.2 cm³/mol. The minimum absolute atomic E-state index is 0.228. The van der Waals surface area contributed by atoms with Gasteiger partial charge < -0.3 is 5.32 Å². The lowest BCUT2D eigenvalue weighted by Gasteiger charge is -2.17. The summed E-state index contributed by atoms with van der Waals surface area (Å²) in [6.45, 7) is 2.23. The van der Waals surface area contributed by atoms with Gasteiger partial charge in [0.2, 0.25) is 0 Å². The maximum atomic E-state index is 12.0. The van der Waals surface area contributed by atoms with Crippen molar-refractivity contribution in [1.82, 2.24) is 5.32 Å². The van der Waals surface area contributed by atoms with Gasteiger partial charge in [0.05, 0.1) is 10.4 Å². The molecule has 0 aromatic carbocycles. The van der Waals surface area contributed by atoms with Crippen LogP contribution < -0.4 is 10.6 Å². The zero-order chi connectivity index (χ0) is 16.4. The normalized spacial score (nSPS) is 16.3. The van der Waals surface area contributed by atoms with E-state index in [0.717, 1.165) is 29.8 Å². The Morgan fingerprint density at radius 2 is 2.35 bits per heavy atom. The van der Waals surface area contributed by atoms with Crippen LogP contribution in [0.1, 0.15) is 39.0 Å². The Morgan fingerprint density at radius 3 is 3.04 bits per heavy atom. The summed E-state index contributed by atoms with van der Waals surface area (Å²) in [5.74, 6) is 0.414. The molecule has 1 aliphatic carbocycles. The predicted octanol–water partition coefficient (Wildman–Crippen LogP) is 3.93. The molecule has 0 unspecified atom stereocenters. The maximum absolute atomic E-state index is 12.0. The maximum Gasteiger partial charge on any atom is 0.267 e. The van der Waals surface area contributed by atoms with Crippen molar-refractivity contribution in [3.05, 3.63) is 38.4 Å². The molecule has 2 heterocycles. The van der Waals surface area contributed by atoms with Crippen LogP contribution in [0.4, 0.5) is 5.00 Å². The molecule has 1 aliphatic rings. The first kappa shape index (κ1) is 16.1. The largest absolute Gasteiger partial charge is 0.323 e. The van der Waals surface area contributed by atoms with E-state index >= 15 is 0 Å². The van der Waals surface area contributed by atoms with Crippen molar-refractivity contribution < 1.29 is 4.79 Å². The van der Waals surface area contributed by atoms with E-state index in [0.29, 0.717) is 16.4 Å². The Labute approximate surface area is 148 Å². The molecule has 0 saturated heterocycles. The second kappa shape index (κ2) is 6.79. The second-order valence-corrected chi connectivity index (χ2v) is 8.01. The van der Waals surface area contributed by atoms with Crippen molar-refractivity contribution in [3.63, 3.8) is 0 Å². The minimum Gasteiger partial charge on any atom is -0.323 e. The first-order valence-electron chi connectivity index (χ1n) is 7.29. The highest BCUT2D eigenvalue weighted by Crippen LogP contribution is 2.39. The van der Waals surface area contributed by atoms with Crippen LogP contribution in [0.3, 0.4) is 0 Å². The Balaban J connectivity index is 1.74. The van der Waals surface area contributed by atoms with Gasteiger partial charge in [0.25, 0.3) is 5.91 Å². The zero-order valence-corrected chi connectivity index (χ0v) is 15.0. The molecule has 0 radical (unpaired) electrons. The average molecular weight is 362 g/mol. The molecule has 1 atom stereocenters. The van der Waals surface area contributed by atoms with Crippen LogP contribution >= 0.6 is 34.9 Å². The van der Waals surface area contributed by atoms with Gasteiger partial charge in [-0.2, -0.15) is 5.26 Å². The number of nitrogens with zero attached hydrogens (tertiary/aromatic N) is 1. The highest BCUT2D eigenvalue weighted by atomic mass is 32.1. The van der Waals surface area contributed by atoms with E-state index in [2.05, 4.69) is 23.6 Å². The lowest BCUT2D eigenvalue weighted by molar-refractivity contribution is 0.0981. The van der Waals surface area contributed by atoms with Crippen molar-refractivity contribution in [2.45, 2.75) is 26.2 Å². The molecule has 3 rings (SSSR count). The molecule has 2 aromatic heterocycles. The molecule has 118 valence electrons. The molecule has 0 bridgehead atoms. The van der Waals surface area contributed by atoms with Crippen molar-refractivity contribution in [2.75, 3.05) is 5.32 Å². The van der Waals surface area contributed by atoms with E-state index < -0.39 is 0 Å². The number of amides is 1. The molecule has 7 heteroatoms. The van der Waals surface area contributed by atoms with Crippen molar-refractivity contribution in [3.8, 4) is 6.07 Å². The van der Waals surface area contributed by atoms with Gasteiger partial charge in [-0.05, 0) is 54.4 Å². The van der Waals surface area contributed by atoms with Gasteiger partial charge in [-0.15, -0.1) is 22.7 Å². The molecule has 2 N–H and O–H groups in total. The number of nitriles is 1. The highest BCUT2D eigenvalue weighted by molar-refractivity contribution is 7.80. The van der Waals surface area contributed by atoms with Crippen molar-refractivity contribution in [2.24, 2.45) is 5.92 Å². The smallest absolute Gasteiger partial charge is 0.267 e. The molecule has 0 spiro atoms. The van der Waals surface area contributed by atoms with Crippen LogP contribution in [-0.4, -0.2) is 11.0 Å².